The second-order valence-corrected chi connectivity index (χ2v) is 7.86. The van der Waals surface area contributed by atoms with Crippen LogP contribution in [0.5, 0.6) is 0 Å². The van der Waals surface area contributed by atoms with Crippen LogP contribution in [0.1, 0.15) is 27.2 Å². The molecule has 0 heterocycles. The third-order valence-corrected chi connectivity index (χ3v) is 5.25. The maximum Gasteiger partial charge on any atom is 0.241 e. The van der Waals surface area contributed by atoms with Gasteiger partial charge in [0.05, 0.1) is 4.90 Å². The van der Waals surface area contributed by atoms with Crippen molar-refractivity contribution >= 4 is 26.7 Å². The summed E-state index contributed by atoms with van der Waals surface area (Å²) in [6.07, 6.45) is 0.800. The molecular formula is C18H24N2O3S. The minimum Gasteiger partial charge on any atom is -0.355 e. The van der Waals surface area contributed by atoms with E-state index in [0.717, 1.165) is 17.2 Å². The lowest BCUT2D eigenvalue weighted by molar-refractivity contribution is -0.123. The molecule has 0 radical (unpaired) electrons. The van der Waals surface area contributed by atoms with Gasteiger partial charge in [0.1, 0.15) is 6.04 Å². The molecule has 24 heavy (non-hydrogen) atoms. The molecule has 2 N–H and O–H groups in total. The van der Waals surface area contributed by atoms with Crippen LogP contribution < -0.4 is 10.0 Å². The van der Waals surface area contributed by atoms with Gasteiger partial charge < -0.3 is 5.32 Å². The molecule has 130 valence electrons. The molecule has 0 spiro atoms. The van der Waals surface area contributed by atoms with Crippen LogP contribution >= 0.6 is 0 Å². The molecule has 0 unspecified atom stereocenters. The van der Waals surface area contributed by atoms with Gasteiger partial charge in [-0.05, 0) is 35.2 Å². The summed E-state index contributed by atoms with van der Waals surface area (Å²) in [5.41, 5.74) is 0. The van der Waals surface area contributed by atoms with Gasteiger partial charge in [0.25, 0.3) is 0 Å². The number of hydrogen-bond acceptors (Lipinski definition) is 3. The normalized spacial score (nSPS) is 13.2. The van der Waals surface area contributed by atoms with Gasteiger partial charge in [0, 0.05) is 6.54 Å². The Morgan fingerprint density at radius 1 is 1.08 bits per heavy atom. The highest BCUT2D eigenvalue weighted by atomic mass is 32.2. The van der Waals surface area contributed by atoms with Crippen LogP contribution in [0.4, 0.5) is 0 Å². The third kappa shape index (κ3) is 4.33. The Morgan fingerprint density at radius 3 is 2.38 bits per heavy atom. The van der Waals surface area contributed by atoms with Gasteiger partial charge in [-0.2, -0.15) is 4.72 Å². The molecule has 0 fully saturated rings. The summed E-state index contributed by atoms with van der Waals surface area (Å²) >= 11 is 0. The van der Waals surface area contributed by atoms with Crippen LogP contribution in [0.15, 0.2) is 47.4 Å². The van der Waals surface area contributed by atoms with Gasteiger partial charge in [-0.15, -0.1) is 0 Å². The predicted octanol–water partition coefficient (Wildman–Crippen LogP) is 2.67. The SMILES string of the molecule is CCCNC(=O)[C@@H](NS(=O)(=O)c1ccc2ccccc2c1)C(C)C. The van der Waals surface area contributed by atoms with E-state index in [0.29, 0.717) is 6.54 Å². The Kier molecular flexibility index (Phi) is 5.96. The molecule has 2 aromatic rings. The van der Waals surface area contributed by atoms with Crippen LogP contribution in [0, 0.1) is 5.92 Å². The zero-order valence-corrected chi connectivity index (χ0v) is 15.1. The lowest BCUT2D eigenvalue weighted by atomic mass is 10.1. The third-order valence-electron chi connectivity index (χ3n) is 3.81. The highest BCUT2D eigenvalue weighted by Gasteiger charge is 2.28. The van der Waals surface area contributed by atoms with Crippen molar-refractivity contribution in [3.63, 3.8) is 0 Å². The average Bonchev–Trinajstić information content (AvgIpc) is 2.56. The zero-order valence-electron chi connectivity index (χ0n) is 14.2. The van der Waals surface area contributed by atoms with Crippen LogP contribution in [0.25, 0.3) is 10.8 Å². The van der Waals surface area contributed by atoms with Crippen molar-refractivity contribution in [3.05, 3.63) is 42.5 Å². The van der Waals surface area contributed by atoms with E-state index < -0.39 is 16.1 Å². The summed E-state index contributed by atoms with van der Waals surface area (Å²) in [5.74, 6) is -0.451. The van der Waals surface area contributed by atoms with Crippen molar-refractivity contribution in [2.75, 3.05) is 6.54 Å². The van der Waals surface area contributed by atoms with Crippen molar-refractivity contribution in [3.8, 4) is 0 Å². The number of carbonyl (C=O) groups excluding carboxylic acids is 1. The van der Waals surface area contributed by atoms with E-state index in [1.54, 1.807) is 18.2 Å². The minimum atomic E-state index is -3.78. The van der Waals surface area contributed by atoms with E-state index in [9.17, 15) is 13.2 Å². The molecule has 5 nitrogen and oxygen atoms in total. The van der Waals surface area contributed by atoms with E-state index in [1.807, 2.05) is 45.0 Å². The fourth-order valence-corrected chi connectivity index (χ4v) is 3.80. The standard InChI is InChI=1S/C18H24N2O3S/c1-4-11-19-18(21)17(13(2)3)20-24(22,23)16-10-9-14-7-5-6-8-15(14)12-16/h5-10,12-13,17,20H,4,11H2,1-3H3,(H,19,21)/t17-/m0/s1. The first kappa shape index (κ1) is 18.4. The molecule has 0 bridgehead atoms. The fraction of sp³-hybridized carbons (Fsp3) is 0.389. The van der Waals surface area contributed by atoms with E-state index in [2.05, 4.69) is 10.0 Å². The van der Waals surface area contributed by atoms with Crippen molar-refractivity contribution in [2.45, 2.75) is 38.1 Å². The molecule has 0 aromatic heterocycles. The van der Waals surface area contributed by atoms with Crippen molar-refractivity contribution < 1.29 is 13.2 Å². The second kappa shape index (κ2) is 7.77. The lowest BCUT2D eigenvalue weighted by Crippen LogP contribution is -2.49. The maximum atomic E-state index is 12.7. The largest absolute Gasteiger partial charge is 0.355 e. The first-order valence-corrected chi connectivity index (χ1v) is 9.62. The summed E-state index contributed by atoms with van der Waals surface area (Å²) in [7, 11) is -3.78. The summed E-state index contributed by atoms with van der Waals surface area (Å²) in [4.78, 5) is 12.4. The van der Waals surface area contributed by atoms with Crippen LogP contribution in [-0.4, -0.2) is 26.9 Å². The van der Waals surface area contributed by atoms with Crippen molar-refractivity contribution in [2.24, 2.45) is 5.92 Å². The monoisotopic (exact) mass is 348 g/mol. The first-order valence-electron chi connectivity index (χ1n) is 8.14. The molecule has 0 saturated heterocycles. The Labute approximate surface area is 143 Å². The minimum absolute atomic E-state index is 0.155. The highest BCUT2D eigenvalue weighted by Crippen LogP contribution is 2.19. The van der Waals surface area contributed by atoms with Gasteiger partial charge in [0.2, 0.25) is 15.9 Å². The van der Waals surface area contributed by atoms with Crippen LogP contribution in [0.3, 0.4) is 0 Å². The average molecular weight is 348 g/mol. The number of rotatable bonds is 7. The first-order chi connectivity index (χ1) is 11.3. The van der Waals surface area contributed by atoms with Crippen LogP contribution in [-0.2, 0) is 14.8 Å². The molecule has 6 heteroatoms. The number of nitrogens with one attached hydrogen (secondary N) is 2. The molecular weight excluding hydrogens is 324 g/mol. The molecule has 0 saturated carbocycles. The molecule has 1 amide bonds. The summed E-state index contributed by atoms with van der Waals surface area (Å²) in [5, 5.41) is 4.57. The van der Waals surface area contributed by atoms with E-state index >= 15 is 0 Å². The van der Waals surface area contributed by atoms with E-state index in [1.165, 1.54) is 0 Å². The van der Waals surface area contributed by atoms with Gasteiger partial charge >= 0.3 is 0 Å². The molecule has 0 aliphatic rings. The van der Waals surface area contributed by atoms with Gasteiger partial charge in [-0.3, -0.25) is 4.79 Å². The fourth-order valence-electron chi connectivity index (χ4n) is 2.42. The Hall–Kier alpha value is -1.92. The number of benzene rings is 2. The molecule has 2 aromatic carbocycles. The quantitative estimate of drug-likeness (QED) is 0.808. The summed E-state index contributed by atoms with van der Waals surface area (Å²) < 4.78 is 27.9. The number of sulfonamides is 1. The number of fused-ring (bicyclic) bond motifs is 1. The maximum absolute atomic E-state index is 12.7. The summed E-state index contributed by atoms with van der Waals surface area (Å²) in [6, 6.07) is 11.7. The summed E-state index contributed by atoms with van der Waals surface area (Å²) in [6.45, 7) is 6.11. The molecule has 0 aliphatic carbocycles. The Bertz CT molecular complexity index is 816. The Balaban J connectivity index is 2.28. The second-order valence-electron chi connectivity index (χ2n) is 6.14. The van der Waals surface area contributed by atoms with E-state index in [4.69, 9.17) is 0 Å². The topological polar surface area (TPSA) is 75.3 Å². The molecule has 0 aliphatic heterocycles. The highest BCUT2D eigenvalue weighted by molar-refractivity contribution is 7.89. The number of carbonyl (C=O) groups is 1. The zero-order chi connectivity index (χ0) is 17.7. The number of hydrogen-bond donors (Lipinski definition) is 2. The smallest absolute Gasteiger partial charge is 0.241 e. The van der Waals surface area contributed by atoms with Crippen molar-refractivity contribution in [1.29, 1.82) is 0 Å². The van der Waals surface area contributed by atoms with Gasteiger partial charge in [-0.25, -0.2) is 8.42 Å². The van der Waals surface area contributed by atoms with E-state index in [-0.39, 0.29) is 16.7 Å². The van der Waals surface area contributed by atoms with Crippen molar-refractivity contribution in [1.82, 2.24) is 10.0 Å². The predicted molar refractivity (Wildman–Crippen MR) is 96.2 cm³/mol. The molecule has 1 atom stereocenters. The molecule has 2 rings (SSSR count). The van der Waals surface area contributed by atoms with Crippen LogP contribution in [0.2, 0.25) is 0 Å². The van der Waals surface area contributed by atoms with Gasteiger partial charge in [0.15, 0.2) is 0 Å². The Morgan fingerprint density at radius 2 is 1.75 bits per heavy atom. The van der Waals surface area contributed by atoms with Gasteiger partial charge in [-0.1, -0.05) is 51.1 Å². The number of amides is 1. The lowest BCUT2D eigenvalue weighted by Gasteiger charge is -2.21.